The van der Waals surface area contributed by atoms with Crippen molar-refractivity contribution < 1.29 is 18.4 Å². The average Bonchev–Trinajstić information content (AvgIpc) is 2.18. The highest BCUT2D eigenvalue weighted by Crippen LogP contribution is 2.26. The van der Waals surface area contributed by atoms with Crippen LogP contribution in [0, 0.1) is 0 Å². The summed E-state index contributed by atoms with van der Waals surface area (Å²) in [6.45, 7) is 1.32. The molecule has 0 saturated carbocycles. The molecule has 0 saturated heterocycles. The van der Waals surface area contributed by atoms with Crippen LogP contribution in [-0.4, -0.2) is 17.4 Å². The minimum Gasteiger partial charge on any atom is -0.326 e. The third kappa shape index (κ3) is 5.44. The fraction of sp³-hybridized carbons (Fsp3) is 0.273. The summed E-state index contributed by atoms with van der Waals surface area (Å²) in [4.78, 5) is 22.3. The number of benzene rings is 1. The number of halogens is 2. The first-order valence-electron chi connectivity index (χ1n) is 4.81. The molecule has 0 heterocycles. The number of alkyl halides is 2. The van der Waals surface area contributed by atoms with E-state index in [0.29, 0.717) is 22.3 Å². The van der Waals surface area contributed by atoms with Gasteiger partial charge in [-0.25, -0.2) is 0 Å². The molecule has 0 aromatic heterocycles. The molecule has 3 nitrogen and oxygen atoms in total. The van der Waals surface area contributed by atoms with Gasteiger partial charge in [-0.05, 0) is 31.2 Å². The summed E-state index contributed by atoms with van der Waals surface area (Å²) in [5.74, 6) is -3.10. The molecule has 0 aliphatic heterocycles. The molecule has 6 heteroatoms. The van der Waals surface area contributed by atoms with Gasteiger partial charge in [0.25, 0.3) is 5.76 Å². The van der Waals surface area contributed by atoms with Gasteiger partial charge in [0.15, 0.2) is 0 Å². The lowest BCUT2D eigenvalue weighted by atomic mass is 10.2. The van der Waals surface area contributed by atoms with Gasteiger partial charge in [0.1, 0.15) is 5.78 Å². The van der Waals surface area contributed by atoms with Crippen molar-refractivity contribution in [1.29, 1.82) is 0 Å². The molecule has 0 spiro atoms. The van der Waals surface area contributed by atoms with Crippen LogP contribution in [0.25, 0.3) is 0 Å². The first kappa shape index (κ1) is 13.6. The molecule has 0 bridgehead atoms. The van der Waals surface area contributed by atoms with Gasteiger partial charge in [-0.1, -0.05) is 11.8 Å². The average molecular weight is 259 g/mol. The molecule has 0 aliphatic rings. The Labute approximate surface area is 102 Å². The summed E-state index contributed by atoms with van der Waals surface area (Å²) < 4.78 is 24.1. The number of nitrogens with one attached hydrogen (secondary N) is 1. The molecule has 1 aromatic rings. The van der Waals surface area contributed by atoms with Crippen molar-refractivity contribution in [3.8, 4) is 0 Å². The van der Waals surface area contributed by atoms with Crippen LogP contribution in [0.3, 0.4) is 0 Å². The van der Waals surface area contributed by atoms with Crippen LogP contribution in [0.2, 0.25) is 0 Å². The Morgan fingerprint density at radius 3 is 2.35 bits per heavy atom. The van der Waals surface area contributed by atoms with Crippen molar-refractivity contribution in [1.82, 2.24) is 0 Å². The van der Waals surface area contributed by atoms with E-state index in [0.717, 1.165) is 0 Å². The second kappa shape index (κ2) is 6.34. The smallest absolute Gasteiger partial charge is 0.288 e. The molecule has 0 unspecified atom stereocenters. The fourth-order valence-corrected chi connectivity index (χ4v) is 1.65. The highest BCUT2D eigenvalue weighted by molar-refractivity contribution is 7.99. The maximum Gasteiger partial charge on any atom is 0.288 e. The number of ketones is 1. The van der Waals surface area contributed by atoms with E-state index >= 15 is 0 Å². The van der Waals surface area contributed by atoms with E-state index in [9.17, 15) is 18.4 Å². The van der Waals surface area contributed by atoms with E-state index in [1.54, 1.807) is 0 Å². The monoisotopic (exact) mass is 259 g/mol. The molecule has 1 amide bonds. The lowest BCUT2D eigenvalue weighted by Gasteiger charge is -2.05. The van der Waals surface area contributed by atoms with Gasteiger partial charge in [-0.3, -0.25) is 9.59 Å². The third-order valence-corrected chi connectivity index (χ3v) is 2.50. The van der Waals surface area contributed by atoms with Gasteiger partial charge in [0.2, 0.25) is 5.91 Å². The van der Waals surface area contributed by atoms with Crippen LogP contribution in [0.15, 0.2) is 29.2 Å². The first-order chi connectivity index (χ1) is 7.97. The molecular weight excluding hydrogens is 248 g/mol. The zero-order valence-electron chi connectivity index (χ0n) is 9.07. The topological polar surface area (TPSA) is 46.2 Å². The number of Topliss-reactive ketones (excluding diaryl/α,β-unsaturated/α-hetero) is 1. The third-order valence-electron chi connectivity index (χ3n) is 1.77. The van der Waals surface area contributed by atoms with Crippen molar-refractivity contribution in [3.05, 3.63) is 24.3 Å². The minimum atomic E-state index is -2.46. The maximum absolute atomic E-state index is 12.0. The van der Waals surface area contributed by atoms with Gasteiger partial charge >= 0.3 is 0 Å². The molecule has 0 fully saturated rings. The number of hydrogen-bond donors (Lipinski definition) is 1. The molecule has 0 atom stereocenters. The van der Waals surface area contributed by atoms with Crippen LogP contribution in [0.5, 0.6) is 0 Å². The lowest BCUT2D eigenvalue weighted by Crippen LogP contribution is -2.14. The predicted octanol–water partition coefficient (Wildman–Crippen LogP) is 2.92. The van der Waals surface area contributed by atoms with Crippen LogP contribution in [-0.2, 0) is 9.59 Å². The Morgan fingerprint density at radius 1 is 1.29 bits per heavy atom. The Morgan fingerprint density at radius 2 is 1.88 bits per heavy atom. The number of carbonyl (C=O) groups is 2. The first-order valence-corrected chi connectivity index (χ1v) is 5.69. The van der Waals surface area contributed by atoms with Crippen molar-refractivity contribution >= 4 is 29.1 Å². The second-order valence-electron chi connectivity index (χ2n) is 3.33. The summed E-state index contributed by atoms with van der Waals surface area (Å²) in [6.07, 6.45) is -0.187. The standard InChI is InChI=1S/C11H11F2NO2S/c1-7(15)6-10(16)14-8-2-4-9(5-3-8)17-11(12)13/h2-5,11H,6H2,1H3,(H,14,16). The number of hydrogen-bond acceptors (Lipinski definition) is 3. The fourth-order valence-electron chi connectivity index (χ4n) is 1.15. The quantitative estimate of drug-likeness (QED) is 0.653. The zero-order chi connectivity index (χ0) is 12.8. The van der Waals surface area contributed by atoms with Crippen molar-refractivity contribution in [2.75, 3.05) is 5.32 Å². The summed E-state index contributed by atoms with van der Waals surface area (Å²) in [5, 5.41) is 2.50. The summed E-state index contributed by atoms with van der Waals surface area (Å²) in [7, 11) is 0. The summed E-state index contributed by atoms with van der Waals surface area (Å²) in [6, 6.07) is 6.01. The number of carbonyl (C=O) groups excluding carboxylic acids is 2. The minimum absolute atomic E-state index is 0.187. The molecule has 17 heavy (non-hydrogen) atoms. The predicted molar refractivity (Wildman–Crippen MR) is 62.2 cm³/mol. The molecule has 1 N–H and O–H groups in total. The Balaban J connectivity index is 2.56. The van der Waals surface area contributed by atoms with Crippen LogP contribution >= 0.6 is 11.8 Å². The molecule has 92 valence electrons. The van der Waals surface area contributed by atoms with E-state index in [-0.39, 0.29) is 12.2 Å². The number of rotatable bonds is 5. The Hall–Kier alpha value is -1.43. The molecule has 1 rings (SSSR count). The molecular formula is C11H11F2NO2S. The van der Waals surface area contributed by atoms with Crippen LogP contribution < -0.4 is 5.32 Å². The van der Waals surface area contributed by atoms with Gasteiger partial charge in [0.05, 0.1) is 6.42 Å². The van der Waals surface area contributed by atoms with E-state index < -0.39 is 11.7 Å². The van der Waals surface area contributed by atoms with Crippen LogP contribution in [0.4, 0.5) is 14.5 Å². The number of thioether (sulfide) groups is 1. The zero-order valence-corrected chi connectivity index (χ0v) is 9.89. The number of anilines is 1. The largest absolute Gasteiger partial charge is 0.326 e. The highest BCUT2D eigenvalue weighted by atomic mass is 32.2. The molecule has 0 aliphatic carbocycles. The lowest BCUT2D eigenvalue weighted by molar-refractivity contribution is -0.124. The molecule has 0 radical (unpaired) electrons. The van der Waals surface area contributed by atoms with Crippen molar-refractivity contribution in [3.63, 3.8) is 0 Å². The Kier molecular flexibility index (Phi) is 5.09. The van der Waals surface area contributed by atoms with Crippen LogP contribution in [0.1, 0.15) is 13.3 Å². The molecule has 1 aromatic carbocycles. The van der Waals surface area contributed by atoms with Gasteiger partial charge in [-0.15, -0.1) is 0 Å². The van der Waals surface area contributed by atoms with E-state index in [1.807, 2.05) is 0 Å². The van der Waals surface area contributed by atoms with Crippen molar-refractivity contribution in [2.45, 2.75) is 24.0 Å². The SMILES string of the molecule is CC(=O)CC(=O)Nc1ccc(SC(F)F)cc1. The number of amides is 1. The summed E-state index contributed by atoms with van der Waals surface area (Å²) in [5.41, 5.74) is 0.481. The van der Waals surface area contributed by atoms with Gasteiger partial charge < -0.3 is 5.32 Å². The van der Waals surface area contributed by atoms with E-state index in [2.05, 4.69) is 5.32 Å². The van der Waals surface area contributed by atoms with E-state index in [1.165, 1.54) is 31.2 Å². The normalized spacial score (nSPS) is 10.4. The van der Waals surface area contributed by atoms with E-state index in [4.69, 9.17) is 0 Å². The second-order valence-corrected chi connectivity index (χ2v) is 4.39. The highest BCUT2D eigenvalue weighted by Gasteiger charge is 2.07. The van der Waals surface area contributed by atoms with Gasteiger partial charge in [-0.2, -0.15) is 8.78 Å². The van der Waals surface area contributed by atoms with Gasteiger partial charge in [0, 0.05) is 10.6 Å². The van der Waals surface area contributed by atoms with Crippen molar-refractivity contribution in [2.24, 2.45) is 0 Å². The Bertz CT molecular complexity index is 406. The summed E-state index contributed by atoms with van der Waals surface area (Å²) >= 11 is 0.437. The maximum atomic E-state index is 12.0.